The Kier molecular flexibility index (Phi) is 3.93. The third kappa shape index (κ3) is 2.33. The van der Waals surface area contributed by atoms with Crippen molar-refractivity contribution >= 4 is 5.69 Å². The SMILES string of the molecule is CCOc1c(OC)cc([N+](=O)[O-])cc1OC. The largest absolute Gasteiger partial charge is 0.492 e. The normalized spacial score (nSPS) is 9.69. The molecule has 88 valence electrons. The van der Waals surface area contributed by atoms with E-state index >= 15 is 0 Å². The van der Waals surface area contributed by atoms with Gasteiger partial charge in [0, 0.05) is 0 Å². The Morgan fingerprint density at radius 1 is 1.25 bits per heavy atom. The van der Waals surface area contributed by atoms with Crippen LogP contribution in [0.4, 0.5) is 5.69 Å². The first-order chi connectivity index (χ1) is 7.63. The number of nitro benzene ring substituents is 1. The second kappa shape index (κ2) is 5.20. The number of hydrogen-bond donors (Lipinski definition) is 0. The van der Waals surface area contributed by atoms with Gasteiger partial charge in [0.2, 0.25) is 5.75 Å². The molecule has 0 saturated heterocycles. The summed E-state index contributed by atoms with van der Waals surface area (Å²) in [4.78, 5) is 10.1. The number of benzene rings is 1. The lowest BCUT2D eigenvalue weighted by Crippen LogP contribution is -2.00. The number of methoxy groups -OCH3 is 2. The molecule has 0 heterocycles. The van der Waals surface area contributed by atoms with E-state index in [1.165, 1.54) is 26.4 Å². The number of ether oxygens (including phenoxy) is 3. The molecule has 6 nitrogen and oxygen atoms in total. The van der Waals surface area contributed by atoms with E-state index in [2.05, 4.69) is 0 Å². The van der Waals surface area contributed by atoms with Crippen LogP contribution >= 0.6 is 0 Å². The highest BCUT2D eigenvalue weighted by Gasteiger charge is 2.18. The first-order valence-electron chi connectivity index (χ1n) is 4.67. The Balaban J connectivity index is 3.30. The third-order valence-electron chi connectivity index (χ3n) is 1.94. The molecule has 0 fully saturated rings. The first kappa shape index (κ1) is 12.1. The maximum atomic E-state index is 10.7. The van der Waals surface area contributed by atoms with Gasteiger partial charge >= 0.3 is 0 Å². The molecule has 0 N–H and O–H groups in total. The van der Waals surface area contributed by atoms with Crippen molar-refractivity contribution in [3.63, 3.8) is 0 Å². The minimum Gasteiger partial charge on any atom is -0.492 e. The number of non-ortho nitro benzene ring substituents is 1. The Labute approximate surface area is 92.9 Å². The highest BCUT2D eigenvalue weighted by atomic mass is 16.6. The summed E-state index contributed by atoms with van der Waals surface area (Å²) in [7, 11) is 2.84. The van der Waals surface area contributed by atoms with Crippen molar-refractivity contribution < 1.29 is 19.1 Å². The van der Waals surface area contributed by atoms with Gasteiger partial charge in [0.15, 0.2) is 11.5 Å². The van der Waals surface area contributed by atoms with Crippen molar-refractivity contribution in [1.82, 2.24) is 0 Å². The zero-order valence-electron chi connectivity index (χ0n) is 9.35. The van der Waals surface area contributed by atoms with Gasteiger partial charge in [0.05, 0.1) is 37.9 Å². The monoisotopic (exact) mass is 227 g/mol. The highest BCUT2D eigenvalue weighted by Crippen LogP contribution is 2.40. The molecule has 1 aromatic carbocycles. The maximum absolute atomic E-state index is 10.7. The number of hydrogen-bond acceptors (Lipinski definition) is 5. The highest BCUT2D eigenvalue weighted by molar-refractivity contribution is 5.58. The van der Waals surface area contributed by atoms with Gasteiger partial charge < -0.3 is 14.2 Å². The summed E-state index contributed by atoms with van der Waals surface area (Å²) in [6.45, 7) is 2.23. The van der Waals surface area contributed by atoms with Crippen LogP contribution in [0, 0.1) is 10.1 Å². The van der Waals surface area contributed by atoms with Crippen molar-refractivity contribution in [1.29, 1.82) is 0 Å². The van der Waals surface area contributed by atoms with Gasteiger partial charge in [-0.3, -0.25) is 10.1 Å². The predicted molar refractivity (Wildman–Crippen MR) is 57.4 cm³/mol. The lowest BCUT2D eigenvalue weighted by atomic mass is 10.2. The third-order valence-corrected chi connectivity index (χ3v) is 1.94. The van der Waals surface area contributed by atoms with Crippen molar-refractivity contribution in [3.05, 3.63) is 22.2 Å². The summed E-state index contributed by atoms with van der Waals surface area (Å²) in [6.07, 6.45) is 0. The summed E-state index contributed by atoms with van der Waals surface area (Å²) < 4.78 is 15.4. The van der Waals surface area contributed by atoms with Gasteiger partial charge in [-0.2, -0.15) is 0 Å². The van der Waals surface area contributed by atoms with Crippen molar-refractivity contribution in [2.75, 3.05) is 20.8 Å². The predicted octanol–water partition coefficient (Wildman–Crippen LogP) is 2.01. The molecule has 6 heteroatoms. The van der Waals surface area contributed by atoms with Crippen molar-refractivity contribution in [3.8, 4) is 17.2 Å². The molecule has 0 aliphatic heterocycles. The van der Waals surface area contributed by atoms with Gasteiger partial charge in [0.25, 0.3) is 5.69 Å². The van der Waals surface area contributed by atoms with Crippen LogP contribution in [0.15, 0.2) is 12.1 Å². The lowest BCUT2D eigenvalue weighted by Gasteiger charge is -2.12. The van der Waals surface area contributed by atoms with Crippen LogP contribution in [0.25, 0.3) is 0 Å². The fraction of sp³-hybridized carbons (Fsp3) is 0.400. The van der Waals surface area contributed by atoms with E-state index in [9.17, 15) is 10.1 Å². The summed E-state index contributed by atoms with van der Waals surface area (Å²) in [5, 5.41) is 10.7. The van der Waals surface area contributed by atoms with E-state index in [0.717, 1.165) is 0 Å². The minimum absolute atomic E-state index is 0.0999. The molecule has 0 aromatic heterocycles. The maximum Gasteiger partial charge on any atom is 0.277 e. The van der Waals surface area contributed by atoms with Crippen molar-refractivity contribution in [2.24, 2.45) is 0 Å². The first-order valence-corrected chi connectivity index (χ1v) is 4.67. The Hall–Kier alpha value is -1.98. The van der Waals surface area contributed by atoms with Crippen LogP contribution in [0.1, 0.15) is 6.92 Å². The molecule has 16 heavy (non-hydrogen) atoms. The molecule has 0 aliphatic rings. The van der Waals surface area contributed by atoms with E-state index in [-0.39, 0.29) is 17.2 Å². The zero-order valence-corrected chi connectivity index (χ0v) is 9.35. The quantitative estimate of drug-likeness (QED) is 0.568. The second-order valence-corrected chi connectivity index (χ2v) is 2.87. The van der Waals surface area contributed by atoms with Crippen LogP contribution in [0.3, 0.4) is 0 Å². The van der Waals surface area contributed by atoms with Gasteiger partial charge in [0.1, 0.15) is 0 Å². The van der Waals surface area contributed by atoms with Gasteiger partial charge in [-0.25, -0.2) is 0 Å². The molecule has 0 radical (unpaired) electrons. The van der Waals surface area contributed by atoms with E-state index in [1.54, 1.807) is 6.92 Å². The van der Waals surface area contributed by atoms with Crippen LogP contribution in [0.2, 0.25) is 0 Å². The van der Waals surface area contributed by atoms with E-state index in [4.69, 9.17) is 14.2 Å². The van der Waals surface area contributed by atoms with E-state index in [0.29, 0.717) is 12.4 Å². The van der Waals surface area contributed by atoms with Crippen LogP contribution in [-0.4, -0.2) is 25.7 Å². The number of nitro groups is 1. The molecular formula is C10H13NO5. The van der Waals surface area contributed by atoms with Crippen molar-refractivity contribution in [2.45, 2.75) is 6.92 Å². The molecule has 0 atom stereocenters. The zero-order chi connectivity index (χ0) is 12.1. The Morgan fingerprint density at radius 3 is 2.06 bits per heavy atom. The Morgan fingerprint density at radius 2 is 1.75 bits per heavy atom. The van der Waals surface area contributed by atoms with Crippen LogP contribution < -0.4 is 14.2 Å². The molecule has 0 amide bonds. The van der Waals surface area contributed by atoms with Gasteiger partial charge in [-0.05, 0) is 6.92 Å². The lowest BCUT2D eigenvalue weighted by molar-refractivity contribution is -0.385. The average molecular weight is 227 g/mol. The second-order valence-electron chi connectivity index (χ2n) is 2.87. The fourth-order valence-electron chi connectivity index (χ4n) is 1.26. The molecular weight excluding hydrogens is 214 g/mol. The molecule has 0 unspecified atom stereocenters. The molecule has 1 rings (SSSR count). The molecule has 0 spiro atoms. The van der Waals surface area contributed by atoms with Crippen LogP contribution in [0.5, 0.6) is 17.2 Å². The van der Waals surface area contributed by atoms with Gasteiger partial charge in [-0.15, -0.1) is 0 Å². The van der Waals surface area contributed by atoms with Gasteiger partial charge in [-0.1, -0.05) is 0 Å². The summed E-state index contributed by atoms with van der Waals surface area (Å²) in [5.74, 6) is 0.943. The fourth-order valence-corrected chi connectivity index (χ4v) is 1.26. The number of nitrogens with zero attached hydrogens (tertiary/aromatic N) is 1. The molecule has 1 aromatic rings. The summed E-state index contributed by atoms with van der Waals surface area (Å²) in [6, 6.07) is 2.60. The van der Waals surface area contributed by atoms with Crippen LogP contribution in [-0.2, 0) is 0 Å². The van der Waals surface area contributed by atoms with E-state index in [1.807, 2.05) is 0 Å². The standard InChI is InChI=1S/C10H13NO5/c1-4-16-10-8(14-2)5-7(11(12)13)6-9(10)15-3/h5-6H,4H2,1-3H3. The topological polar surface area (TPSA) is 70.8 Å². The average Bonchev–Trinajstić information content (AvgIpc) is 2.29. The molecule has 0 saturated carbocycles. The van der Waals surface area contributed by atoms with E-state index < -0.39 is 4.92 Å². The Bertz CT molecular complexity index is 366. The molecule has 0 aliphatic carbocycles. The summed E-state index contributed by atoms with van der Waals surface area (Å²) >= 11 is 0. The minimum atomic E-state index is -0.513. The summed E-state index contributed by atoms with van der Waals surface area (Å²) in [5.41, 5.74) is -0.0999. The number of rotatable bonds is 5. The smallest absolute Gasteiger partial charge is 0.277 e. The molecule has 0 bridgehead atoms.